The minimum Gasteiger partial charge on any atom is -0.481 e. The monoisotopic (exact) mass is 972 g/mol. The number of carboxylic acid groups (broad SMARTS) is 2. The Morgan fingerprint density at radius 1 is 0.475 bits per heavy atom. The number of aryl methyl sites for hydroxylation is 1. The van der Waals surface area contributed by atoms with Crippen LogP contribution < -0.4 is 0 Å². The van der Waals surface area contributed by atoms with E-state index in [1.807, 2.05) is 72.8 Å². The van der Waals surface area contributed by atoms with Crippen LogP contribution in [0.5, 0.6) is 0 Å². The number of hydrogen-bond donors (Lipinski definition) is 2. The maximum absolute atomic E-state index is 10.7. The molecule has 7 aromatic carbocycles. The molecule has 0 radical (unpaired) electrons. The first-order chi connectivity index (χ1) is 29.4. The summed E-state index contributed by atoms with van der Waals surface area (Å²) in [6.45, 7) is 0. The van der Waals surface area contributed by atoms with Crippen molar-refractivity contribution in [1.29, 1.82) is 0 Å². The third-order valence-electron chi connectivity index (χ3n) is 10.0. The van der Waals surface area contributed by atoms with Gasteiger partial charge in [-0.3, -0.25) is 14.8 Å². The maximum Gasteiger partial charge on any atom is 3.00 e. The first-order valence-corrected chi connectivity index (χ1v) is 19.4. The fraction of sp³-hybridized carbons (Fsp3) is 0.0377. The van der Waals surface area contributed by atoms with Gasteiger partial charge in [0.25, 0.3) is 0 Å². The predicted molar refractivity (Wildman–Crippen MR) is 240 cm³/mol. The number of carboxylic acids is 2. The van der Waals surface area contributed by atoms with Gasteiger partial charge in [0.1, 0.15) is 5.69 Å². The van der Waals surface area contributed by atoms with Crippen molar-refractivity contribution < 1.29 is 39.9 Å². The van der Waals surface area contributed by atoms with Crippen LogP contribution in [0.4, 0.5) is 0 Å². The van der Waals surface area contributed by atoms with E-state index in [0.29, 0.717) is 6.42 Å². The van der Waals surface area contributed by atoms with Gasteiger partial charge < -0.3 is 10.2 Å². The molecule has 2 N–H and O–H groups in total. The van der Waals surface area contributed by atoms with E-state index >= 15 is 0 Å². The van der Waals surface area contributed by atoms with Crippen LogP contribution in [0.25, 0.3) is 77.0 Å². The molecule has 0 saturated carbocycles. The molecule has 0 bridgehead atoms. The van der Waals surface area contributed by atoms with Gasteiger partial charge in [0.15, 0.2) is 0 Å². The van der Waals surface area contributed by atoms with E-state index in [1.165, 1.54) is 44.6 Å². The van der Waals surface area contributed by atoms with Crippen molar-refractivity contribution in [2.45, 2.75) is 12.8 Å². The molecule has 0 amide bonds. The van der Waals surface area contributed by atoms with Crippen LogP contribution >= 0.6 is 0 Å². The second-order valence-electron chi connectivity index (χ2n) is 13.9. The zero-order chi connectivity index (χ0) is 41.3. The van der Waals surface area contributed by atoms with Gasteiger partial charge in [-0.05, 0) is 68.7 Å². The normalized spacial score (nSPS) is 10.6. The van der Waals surface area contributed by atoms with Crippen LogP contribution in [0.1, 0.15) is 22.5 Å². The van der Waals surface area contributed by atoms with E-state index in [4.69, 9.17) is 20.2 Å². The Labute approximate surface area is 366 Å². The quantitative estimate of drug-likeness (QED) is 0.121. The summed E-state index contributed by atoms with van der Waals surface area (Å²) in [6, 6.07) is 66.6. The van der Waals surface area contributed by atoms with E-state index in [9.17, 15) is 9.59 Å². The maximum atomic E-state index is 10.7. The molecule has 3 aromatic heterocycles. The third kappa shape index (κ3) is 9.75. The van der Waals surface area contributed by atoms with Crippen molar-refractivity contribution in [1.82, 2.24) is 15.0 Å². The largest absolute Gasteiger partial charge is 3.00 e. The summed E-state index contributed by atoms with van der Waals surface area (Å²) >= 11 is 0. The van der Waals surface area contributed by atoms with E-state index in [0.717, 1.165) is 50.2 Å². The SMILES string of the molecule is O=C(O)CCc1ccc(-c2ccc(C(=O)O)nc2)cc1.[Ir+3].[c-]1ccccc1-c1nc2ccccc2c2ccccc12.[c-]1ccccc1-c1nc2ccccc2c2ccccc12. The first-order valence-electron chi connectivity index (χ1n) is 19.4. The van der Waals surface area contributed by atoms with Crippen molar-refractivity contribution in [3.05, 3.63) is 212 Å². The van der Waals surface area contributed by atoms with Crippen molar-refractivity contribution >= 4 is 55.3 Å². The zero-order valence-corrected chi connectivity index (χ0v) is 35.1. The summed E-state index contributed by atoms with van der Waals surface area (Å²) in [5.41, 5.74) is 8.81. The van der Waals surface area contributed by atoms with Gasteiger partial charge in [-0.2, -0.15) is 0 Å². The molecular weight excluding hydrogens is 935 g/mol. The number of aromatic nitrogens is 3. The Kier molecular flexibility index (Phi) is 13.4. The third-order valence-corrected chi connectivity index (χ3v) is 10.0. The minimum atomic E-state index is -1.06. The standard InChI is InChI=1S/2C19H12N.C15H13NO4.Ir/c2*1-2-8-14(9-3-1)19-17-12-5-4-10-15(17)16-11-6-7-13-18(16)20-19;17-14(18)8-3-10-1-4-11(5-2-10)12-6-7-13(15(19)20)16-9-12;/h2*1-8,10-13H;1-2,4-7,9H,3,8H2,(H,17,18)(H,19,20);/q2*-1;;+3. The number of pyridine rings is 3. The van der Waals surface area contributed by atoms with Crippen molar-refractivity contribution in [3.63, 3.8) is 0 Å². The van der Waals surface area contributed by atoms with E-state index in [1.54, 1.807) is 6.07 Å². The molecule has 61 heavy (non-hydrogen) atoms. The Morgan fingerprint density at radius 2 is 0.918 bits per heavy atom. The van der Waals surface area contributed by atoms with Gasteiger partial charge in [-0.15, -0.1) is 71.8 Å². The molecule has 0 fully saturated rings. The van der Waals surface area contributed by atoms with Crippen molar-refractivity contribution in [2.75, 3.05) is 0 Å². The molecule has 8 heteroatoms. The number of hydrogen-bond acceptors (Lipinski definition) is 5. The molecule has 3 heterocycles. The van der Waals surface area contributed by atoms with E-state index in [2.05, 4.69) is 114 Å². The summed E-state index contributed by atoms with van der Waals surface area (Å²) in [5.74, 6) is -1.87. The Balaban J connectivity index is 0.000000137. The summed E-state index contributed by atoms with van der Waals surface area (Å²) in [6.07, 6.45) is 2.11. The molecule has 0 saturated heterocycles. The number of para-hydroxylation sites is 2. The summed E-state index contributed by atoms with van der Waals surface area (Å²) in [4.78, 5) is 34.7. The molecule has 296 valence electrons. The number of nitrogens with zero attached hydrogens (tertiary/aromatic N) is 3. The predicted octanol–water partition coefficient (Wildman–Crippen LogP) is 12.2. The van der Waals surface area contributed by atoms with Gasteiger partial charge in [-0.25, -0.2) is 9.78 Å². The van der Waals surface area contributed by atoms with Gasteiger partial charge in [0.05, 0.1) is 11.0 Å². The molecule has 0 aliphatic heterocycles. The molecule has 10 rings (SSSR count). The number of carbonyl (C=O) groups is 2. The molecule has 0 aliphatic rings. The Bertz CT molecular complexity index is 2930. The van der Waals surface area contributed by atoms with Crippen molar-refractivity contribution in [3.8, 4) is 33.6 Å². The van der Waals surface area contributed by atoms with E-state index in [-0.39, 0.29) is 32.2 Å². The molecule has 7 nitrogen and oxygen atoms in total. The average Bonchev–Trinajstić information content (AvgIpc) is 3.31. The topological polar surface area (TPSA) is 113 Å². The molecule has 0 aliphatic carbocycles. The van der Waals surface area contributed by atoms with E-state index < -0.39 is 11.9 Å². The van der Waals surface area contributed by atoms with Crippen LogP contribution in [0.15, 0.2) is 188 Å². The number of aromatic carboxylic acids is 1. The van der Waals surface area contributed by atoms with Crippen LogP contribution in [-0.2, 0) is 31.3 Å². The van der Waals surface area contributed by atoms with Gasteiger partial charge >= 0.3 is 32.0 Å². The van der Waals surface area contributed by atoms with Gasteiger partial charge in [0.2, 0.25) is 0 Å². The van der Waals surface area contributed by atoms with Crippen LogP contribution in [0.3, 0.4) is 0 Å². The Morgan fingerprint density at radius 3 is 1.34 bits per heavy atom. The van der Waals surface area contributed by atoms with Gasteiger partial charge in [-0.1, -0.05) is 115 Å². The van der Waals surface area contributed by atoms with Crippen molar-refractivity contribution in [2.24, 2.45) is 0 Å². The molecule has 10 aromatic rings. The van der Waals surface area contributed by atoms with Gasteiger partial charge in [0, 0.05) is 29.0 Å². The smallest absolute Gasteiger partial charge is 0.481 e. The molecule has 0 atom stereocenters. The fourth-order valence-corrected chi connectivity index (χ4v) is 7.11. The second kappa shape index (κ2) is 19.6. The molecule has 0 spiro atoms. The average molecular weight is 972 g/mol. The number of benzene rings is 7. The number of rotatable bonds is 7. The first kappa shape index (κ1) is 41.8. The molecular formula is C53H37IrN3O4+. The van der Waals surface area contributed by atoms with Crippen LogP contribution in [0, 0.1) is 12.1 Å². The van der Waals surface area contributed by atoms with Crippen LogP contribution in [0.2, 0.25) is 0 Å². The summed E-state index contributed by atoms with van der Waals surface area (Å²) in [5, 5.41) is 24.6. The Hall–Kier alpha value is -7.38. The minimum absolute atomic E-state index is 0. The zero-order valence-electron chi connectivity index (χ0n) is 32.7. The van der Waals surface area contributed by atoms with Crippen LogP contribution in [-0.4, -0.2) is 37.1 Å². The second-order valence-corrected chi connectivity index (χ2v) is 13.9. The summed E-state index contributed by atoms with van der Waals surface area (Å²) < 4.78 is 0. The summed E-state index contributed by atoms with van der Waals surface area (Å²) in [7, 11) is 0. The molecule has 0 unspecified atom stereocenters. The fourth-order valence-electron chi connectivity index (χ4n) is 7.11. The number of fused-ring (bicyclic) bond motifs is 6. The number of aliphatic carboxylic acids is 1.